The van der Waals surface area contributed by atoms with Gasteiger partial charge in [0.15, 0.2) is 0 Å². The van der Waals surface area contributed by atoms with Crippen molar-refractivity contribution in [3.8, 4) is 0 Å². The first-order valence-electron chi connectivity index (χ1n) is 3.75. The fourth-order valence-corrected chi connectivity index (χ4v) is 0.736. The zero-order valence-electron chi connectivity index (χ0n) is 6.97. The van der Waals surface area contributed by atoms with E-state index < -0.39 is 0 Å². The second-order valence-electron chi connectivity index (χ2n) is 2.21. The van der Waals surface area contributed by atoms with E-state index in [0.717, 1.165) is 13.1 Å². The van der Waals surface area contributed by atoms with Crippen LogP contribution in [-0.4, -0.2) is 25.3 Å². The van der Waals surface area contributed by atoms with E-state index in [9.17, 15) is 0 Å². The van der Waals surface area contributed by atoms with Gasteiger partial charge in [0, 0.05) is 13.1 Å². The highest BCUT2D eigenvalue weighted by atomic mass is 16.7. The Morgan fingerprint density at radius 2 is 2.30 bits per heavy atom. The van der Waals surface area contributed by atoms with Gasteiger partial charge in [-0.1, -0.05) is 19.4 Å². The Balaban J connectivity index is 3.29. The van der Waals surface area contributed by atoms with Gasteiger partial charge in [-0.15, -0.1) is 6.58 Å². The molecule has 2 heteroatoms. The van der Waals surface area contributed by atoms with Crippen molar-refractivity contribution in [1.29, 1.82) is 0 Å². The molecule has 0 unspecified atom stereocenters. The molecule has 0 aliphatic rings. The third-order valence-electron chi connectivity index (χ3n) is 1.35. The molecule has 2 nitrogen and oxygen atoms in total. The molecule has 0 N–H and O–H groups in total. The number of hydrogen-bond acceptors (Lipinski definition) is 2. The zero-order chi connectivity index (χ0) is 7.82. The Morgan fingerprint density at radius 1 is 1.60 bits per heavy atom. The van der Waals surface area contributed by atoms with E-state index in [-0.39, 0.29) is 0 Å². The molecule has 0 spiro atoms. The van der Waals surface area contributed by atoms with Crippen LogP contribution in [0.2, 0.25) is 0 Å². The average molecular weight is 143 g/mol. The highest BCUT2D eigenvalue weighted by molar-refractivity contribution is 4.68. The van der Waals surface area contributed by atoms with Gasteiger partial charge in [0.05, 0.1) is 7.11 Å². The van der Waals surface area contributed by atoms with Gasteiger partial charge in [-0.25, -0.2) is 0 Å². The summed E-state index contributed by atoms with van der Waals surface area (Å²) in [6, 6.07) is 0. The molecule has 0 radical (unpaired) electrons. The van der Waals surface area contributed by atoms with Crippen LogP contribution >= 0.6 is 0 Å². The summed E-state index contributed by atoms with van der Waals surface area (Å²) in [5, 5.41) is 1.90. The largest absolute Gasteiger partial charge is 0.302 e. The molecular formula is C8H17NO. The highest BCUT2D eigenvalue weighted by Crippen LogP contribution is 1.93. The molecule has 10 heavy (non-hydrogen) atoms. The van der Waals surface area contributed by atoms with Gasteiger partial charge in [0.25, 0.3) is 0 Å². The van der Waals surface area contributed by atoms with Crippen LogP contribution in [0.1, 0.15) is 19.8 Å². The lowest BCUT2D eigenvalue weighted by Gasteiger charge is -2.16. The number of unbranched alkanes of at least 4 members (excludes halogenated alkanes) is 1. The first kappa shape index (κ1) is 9.66. The second kappa shape index (κ2) is 6.78. The molecular weight excluding hydrogens is 126 g/mol. The first-order valence-corrected chi connectivity index (χ1v) is 3.75. The third kappa shape index (κ3) is 4.53. The number of nitrogens with zero attached hydrogens (tertiary/aromatic N) is 1. The molecule has 0 rings (SSSR count). The zero-order valence-corrected chi connectivity index (χ0v) is 6.97. The number of rotatable bonds is 6. The minimum absolute atomic E-state index is 0.816. The van der Waals surface area contributed by atoms with Crippen LogP contribution in [0.5, 0.6) is 0 Å². The van der Waals surface area contributed by atoms with Gasteiger partial charge in [-0.3, -0.25) is 0 Å². The Bertz CT molecular complexity index is 83.3. The third-order valence-corrected chi connectivity index (χ3v) is 1.35. The lowest BCUT2D eigenvalue weighted by molar-refractivity contribution is -0.122. The molecule has 0 aromatic rings. The Hall–Kier alpha value is -0.340. The fraction of sp³-hybridized carbons (Fsp3) is 0.750. The van der Waals surface area contributed by atoms with Gasteiger partial charge in [-0.2, -0.15) is 5.06 Å². The van der Waals surface area contributed by atoms with Crippen molar-refractivity contribution in [2.75, 3.05) is 20.2 Å². The summed E-state index contributed by atoms with van der Waals surface area (Å²) in [4.78, 5) is 5.05. The summed E-state index contributed by atoms with van der Waals surface area (Å²) in [7, 11) is 1.69. The molecule has 0 saturated heterocycles. The van der Waals surface area contributed by atoms with Crippen molar-refractivity contribution in [1.82, 2.24) is 5.06 Å². The molecule has 0 aromatic carbocycles. The van der Waals surface area contributed by atoms with Gasteiger partial charge in [-0.05, 0) is 6.42 Å². The molecule has 0 bridgehead atoms. The average Bonchev–Trinajstić information content (AvgIpc) is 1.98. The summed E-state index contributed by atoms with van der Waals surface area (Å²) < 4.78 is 0. The first-order chi connectivity index (χ1) is 4.85. The molecule has 0 atom stereocenters. The molecule has 0 amide bonds. The van der Waals surface area contributed by atoms with Gasteiger partial charge in [0.1, 0.15) is 0 Å². The van der Waals surface area contributed by atoms with Crippen LogP contribution in [0.15, 0.2) is 12.7 Å². The number of hydroxylamine groups is 2. The van der Waals surface area contributed by atoms with Crippen LogP contribution in [0.4, 0.5) is 0 Å². The predicted octanol–water partition coefficient (Wildman–Crippen LogP) is 1.84. The van der Waals surface area contributed by atoms with E-state index >= 15 is 0 Å². The van der Waals surface area contributed by atoms with E-state index in [4.69, 9.17) is 4.84 Å². The second-order valence-corrected chi connectivity index (χ2v) is 2.21. The van der Waals surface area contributed by atoms with Gasteiger partial charge < -0.3 is 4.84 Å². The molecule has 0 aromatic heterocycles. The van der Waals surface area contributed by atoms with E-state index in [1.807, 2.05) is 11.1 Å². The summed E-state index contributed by atoms with van der Waals surface area (Å²) in [5.41, 5.74) is 0. The lowest BCUT2D eigenvalue weighted by atomic mass is 10.3. The summed E-state index contributed by atoms with van der Waals surface area (Å²) in [5.74, 6) is 0. The van der Waals surface area contributed by atoms with Crippen molar-refractivity contribution >= 4 is 0 Å². The molecule has 0 heterocycles. The standard InChI is InChI=1S/C8H17NO/c1-4-6-8-9(10-3)7-5-2/h5H,2,4,6-8H2,1,3H3. The van der Waals surface area contributed by atoms with E-state index in [2.05, 4.69) is 13.5 Å². The molecule has 0 aliphatic carbocycles. The Morgan fingerprint density at radius 3 is 2.70 bits per heavy atom. The van der Waals surface area contributed by atoms with Crippen LogP contribution in [-0.2, 0) is 4.84 Å². The normalized spacial score (nSPS) is 10.3. The van der Waals surface area contributed by atoms with Gasteiger partial charge in [0.2, 0.25) is 0 Å². The van der Waals surface area contributed by atoms with Crippen LogP contribution in [0.3, 0.4) is 0 Å². The maximum Gasteiger partial charge on any atom is 0.0575 e. The SMILES string of the molecule is C=CCN(CCCC)OC. The number of hydrogen-bond donors (Lipinski definition) is 0. The van der Waals surface area contributed by atoms with Crippen molar-refractivity contribution in [3.05, 3.63) is 12.7 Å². The van der Waals surface area contributed by atoms with Crippen molar-refractivity contribution < 1.29 is 4.84 Å². The van der Waals surface area contributed by atoms with Crippen molar-refractivity contribution in [2.45, 2.75) is 19.8 Å². The smallest absolute Gasteiger partial charge is 0.0575 e. The summed E-state index contributed by atoms with van der Waals surface area (Å²) in [6.45, 7) is 7.62. The summed E-state index contributed by atoms with van der Waals surface area (Å²) in [6.07, 6.45) is 4.23. The lowest BCUT2D eigenvalue weighted by Crippen LogP contribution is -2.23. The van der Waals surface area contributed by atoms with E-state index in [1.165, 1.54) is 12.8 Å². The molecule has 0 saturated carbocycles. The quantitative estimate of drug-likeness (QED) is 0.415. The molecule has 0 aliphatic heterocycles. The predicted molar refractivity (Wildman–Crippen MR) is 43.7 cm³/mol. The maximum atomic E-state index is 5.05. The summed E-state index contributed by atoms with van der Waals surface area (Å²) >= 11 is 0. The van der Waals surface area contributed by atoms with Crippen LogP contribution in [0.25, 0.3) is 0 Å². The Kier molecular flexibility index (Phi) is 6.55. The van der Waals surface area contributed by atoms with Crippen molar-refractivity contribution in [2.24, 2.45) is 0 Å². The molecule has 0 fully saturated rings. The van der Waals surface area contributed by atoms with Crippen LogP contribution in [0, 0.1) is 0 Å². The fourth-order valence-electron chi connectivity index (χ4n) is 0.736. The van der Waals surface area contributed by atoms with Gasteiger partial charge >= 0.3 is 0 Å². The Labute approximate surface area is 63.4 Å². The minimum atomic E-state index is 0.816. The van der Waals surface area contributed by atoms with Crippen LogP contribution < -0.4 is 0 Å². The minimum Gasteiger partial charge on any atom is -0.302 e. The van der Waals surface area contributed by atoms with Crippen molar-refractivity contribution in [3.63, 3.8) is 0 Å². The highest BCUT2D eigenvalue weighted by Gasteiger charge is 1.97. The monoisotopic (exact) mass is 143 g/mol. The van der Waals surface area contributed by atoms with E-state index in [0.29, 0.717) is 0 Å². The topological polar surface area (TPSA) is 12.5 Å². The molecule has 60 valence electrons. The van der Waals surface area contributed by atoms with E-state index in [1.54, 1.807) is 7.11 Å². The maximum absolute atomic E-state index is 5.05.